The summed E-state index contributed by atoms with van der Waals surface area (Å²) in [6.45, 7) is 14.0. The minimum absolute atomic E-state index is 0.0659. The number of hydrogen-bond acceptors (Lipinski definition) is 2. The standard InChI is InChI=1S/C15H30N2O/c1-6-7-14(16)15(18)17(10-8-12(2)3)11-9-13(4)5/h6,12-14H,1,7-11,16H2,2-5H3. The predicted octanol–water partition coefficient (Wildman–Crippen LogP) is 2.81. The first-order chi connectivity index (χ1) is 8.38. The van der Waals surface area contributed by atoms with Crippen LogP contribution >= 0.6 is 0 Å². The Morgan fingerprint density at radius 3 is 1.94 bits per heavy atom. The van der Waals surface area contributed by atoms with E-state index in [-0.39, 0.29) is 5.91 Å². The van der Waals surface area contributed by atoms with E-state index in [1.165, 1.54) is 0 Å². The summed E-state index contributed by atoms with van der Waals surface area (Å²) in [6, 6.07) is -0.429. The average Bonchev–Trinajstić information content (AvgIpc) is 2.28. The molecule has 0 aliphatic heterocycles. The zero-order chi connectivity index (χ0) is 14.1. The summed E-state index contributed by atoms with van der Waals surface area (Å²) in [6.07, 6.45) is 4.33. The lowest BCUT2D eigenvalue weighted by atomic mass is 10.1. The molecule has 1 unspecified atom stereocenters. The van der Waals surface area contributed by atoms with Crippen LogP contribution in [0.2, 0.25) is 0 Å². The van der Waals surface area contributed by atoms with E-state index in [9.17, 15) is 4.79 Å². The molecule has 106 valence electrons. The van der Waals surface area contributed by atoms with E-state index in [2.05, 4.69) is 34.3 Å². The largest absolute Gasteiger partial charge is 0.341 e. The Balaban J connectivity index is 4.42. The molecule has 0 saturated heterocycles. The molecule has 0 aromatic rings. The second-order valence-electron chi connectivity index (χ2n) is 5.82. The minimum atomic E-state index is -0.429. The first kappa shape index (κ1) is 17.2. The maximum absolute atomic E-state index is 12.2. The topological polar surface area (TPSA) is 46.3 Å². The van der Waals surface area contributed by atoms with E-state index < -0.39 is 6.04 Å². The molecule has 0 rings (SSSR count). The summed E-state index contributed by atoms with van der Waals surface area (Å²) >= 11 is 0. The van der Waals surface area contributed by atoms with E-state index in [1.807, 2.05) is 4.90 Å². The highest BCUT2D eigenvalue weighted by atomic mass is 16.2. The molecule has 0 heterocycles. The van der Waals surface area contributed by atoms with Crippen LogP contribution in [0.1, 0.15) is 47.0 Å². The molecule has 18 heavy (non-hydrogen) atoms. The molecule has 1 amide bonds. The molecule has 0 saturated carbocycles. The van der Waals surface area contributed by atoms with Gasteiger partial charge in [-0.05, 0) is 31.1 Å². The Hall–Kier alpha value is -0.830. The summed E-state index contributed by atoms with van der Waals surface area (Å²) in [4.78, 5) is 14.1. The van der Waals surface area contributed by atoms with Gasteiger partial charge in [0.15, 0.2) is 0 Å². The Morgan fingerprint density at radius 2 is 1.61 bits per heavy atom. The lowest BCUT2D eigenvalue weighted by Crippen LogP contribution is -2.44. The van der Waals surface area contributed by atoms with E-state index in [1.54, 1.807) is 6.08 Å². The quantitative estimate of drug-likeness (QED) is 0.643. The van der Waals surface area contributed by atoms with Crippen LogP contribution in [-0.4, -0.2) is 29.9 Å². The first-order valence-electron chi connectivity index (χ1n) is 7.03. The number of amides is 1. The molecule has 0 aliphatic carbocycles. The molecular formula is C15H30N2O. The van der Waals surface area contributed by atoms with Crippen molar-refractivity contribution in [2.24, 2.45) is 17.6 Å². The fourth-order valence-electron chi connectivity index (χ4n) is 1.68. The van der Waals surface area contributed by atoms with Crippen molar-refractivity contribution in [1.29, 1.82) is 0 Å². The fourth-order valence-corrected chi connectivity index (χ4v) is 1.68. The summed E-state index contributed by atoms with van der Waals surface area (Å²) < 4.78 is 0. The second kappa shape index (κ2) is 9.15. The molecule has 0 spiro atoms. The molecule has 0 radical (unpaired) electrons. The minimum Gasteiger partial charge on any atom is -0.341 e. The van der Waals surface area contributed by atoms with Crippen molar-refractivity contribution in [3.63, 3.8) is 0 Å². The lowest BCUT2D eigenvalue weighted by molar-refractivity contribution is -0.132. The van der Waals surface area contributed by atoms with Gasteiger partial charge in [-0.1, -0.05) is 33.8 Å². The van der Waals surface area contributed by atoms with Gasteiger partial charge in [0.05, 0.1) is 6.04 Å². The van der Waals surface area contributed by atoms with Gasteiger partial charge in [-0.3, -0.25) is 4.79 Å². The van der Waals surface area contributed by atoms with Gasteiger partial charge < -0.3 is 10.6 Å². The van der Waals surface area contributed by atoms with Crippen LogP contribution in [-0.2, 0) is 4.79 Å². The van der Waals surface area contributed by atoms with Crippen LogP contribution in [0.15, 0.2) is 12.7 Å². The van der Waals surface area contributed by atoms with Crippen molar-refractivity contribution in [2.45, 2.75) is 53.0 Å². The smallest absolute Gasteiger partial charge is 0.239 e. The molecule has 0 fully saturated rings. The van der Waals surface area contributed by atoms with E-state index in [0.717, 1.165) is 25.9 Å². The van der Waals surface area contributed by atoms with Gasteiger partial charge in [-0.25, -0.2) is 0 Å². The molecular weight excluding hydrogens is 224 g/mol. The van der Waals surface area contributed by atoms with Gasteiger partial charge in [0, 0.05) is 13.1 Å². The molecule has 0 bridgehead atoms. The summed E-state index contributed by atoms with van der Waals surface area (Å²) in [5.74, 6) is 1.28. The highest BCUT2D eigenvalue weighted by Gasteiger charge is 2.20. The molecule has 3 nitrogen and oxygen atoms in total. The summed E-state index contributed by atoms with van der Waals surface area (Å²) in [5, 5.41) is 0. The van der Waals surface area contributed by atoms with Crippen molar-refractivity contribution in [3.8, 4) is 0 Å². The number of nitrogens with zero attached hydrogens (tertiary/aromatic N) is 1. The zero-order valence-corrected chi connectivity index (χ0v) is 12.5. The van der Waals surface area contributed by atoms with E-state index in [0.29, 0.717) is 18.3 Å². The molecule has 0 aromatic carbocycles. The van der Waals surface area contributed by atoms with Crippen LogP contribution in [0.25, 0.3) is 0 Å². The van der Waals surface area contributed by atoms with Crippen molar-refractivity contribution in [2.75, 3.05) is 13.1 Å². The first-order valence-corrected chi connectivity index (χ1v) is 7.03. The van der Waals surface area contributed by atoms with Gasteiger partial charge >= 0.3 is 0 Å². The molecule has 3 heteroatoms. The van der Waals surface area contributed by atoms with Crippen molar-refractivity contribution < 1.29 is 4.79 Å². The number of carbonyl (C=O) groups is 1. The normalized spacial score (nSPS) is 12.8. The van der Waals surface area contributed by atoms with Crippen LogP contribution in [0, 0.1) is 11.8 Å². The Labute approximate surface area is 112 Å². The monoisotopic (exact) mass is 254 g/mol. The van der Waals surface area contributed by atoms with Crippen molar-refractivity contribution in [1.82, 2.24) is 4.90 Å². The number of hydrogen-bond donors (Lipinski definition) is 1. The fraction of sp³-hybridized carbons (Fsp3) is 0.800. The van der Waals surface area contributed by atoms with Gasteiger partial charge in [0.2, 0.25) is 5.91 Å². The maximum atomic E-state index is 12.2. The third-order valence-electron chi connectivity index (χ3n) is 3.00. The highest BCUT2D eigenvalue weighted by Crippen LogP contribution is 2.08. The molecule has 1 atom stereocenters. The summed E-state index contributed by atoms with van der Waals surface area (Å²) in [7, 11) is 0. The number of nitrogens with two attached hydrogens (primary N) is 1. The molecule has 0 aromatic heterocycles. The Kier molecular flexibility index (Phi) is 8.73. The zero-order valence-electron chi connectivity index (χ0n) is 12.5. The Morgan fingerprint density at radius 1 is 1.17 bits per heavy atom. The van der Waals surface area contributed by atoms with Gasteiger partial charge in [-0.15, -0.1) is 6.58 Å². The Bertz CT molecular complexity index is 237. The highest BCUT2D eigenvalue weighted by molar-refractivity contribution is 5.81. The number of carbonyl (C=O) groups excluding carboxylic acids is 1. The average molecular weight is 254 g/mol. The van der Waals surface area contributed by atoms with Crippen LogP contribution in [0.5, 0.6) is 0 Å². The maximum Gasteiger partial charge on any atom is 0.239 e. The van der Waals surface area contributed by atoms with Gasteiger partial charge in [0.25, 0.3) is 0 Å². The van der Waals surface area contributed by atoms with Crippen molar-refractivity contribution in [3.05, 3.63) is 12.7 Å². The predicted molar refractivity (Wildman–Crippen MR) is 78.3 cm³/mol. The van der Waals surface area contributed by atoms with Crippen molar-refractivity contribution >= 4 is 5.91 Å². The van der Waals surface area contributed by atoms with Crippen LogP contribution < -0.4 is 5.73 Å². The molecule has 2 N–H and O–H groups in total. The SMILES string of the molecule is C=CCC(N)C(=O)N(CCC(C)C)CCC(C)C. The van der Waals surface area contributed by atoms with E-state index in [4.69, 9.17) is 5.73 Å². The van der Waals surface area contributed by atoms with Gasteiger partial charge in [0.1, 0.15) is 0 Å². The lowest BCUT2D eigenvalue weighted by Gasteiger charge is -2.27. The van der Waals surface area contributed by atoms with E-state index >= 15 is 0 Å². The third kappa shape index (κ3) is 7.49. The summed E-state index contributed by atoms with van der Waals surface area (Å²) in [5.41, 5.74) is 5.88. The van der Waals surface area contributed by atoms with Gasteiger partial charge in [-0.2, -0.15) is 0 Å². The van der Waals surface area contributed by atoms with Crippen LogP contribution in [0.4, 0.5) is 0 Å². The number of rotatable bonds is 9. The molecule has 0 aliphatic rings. The second-order valence-corrected chi connectivity index (χ2v) is 5.82. The van der Waals surface area contributed by atoms with Crippen LogP contribution in [0.3, 0.4) is 0 Å². The third-order valence-corrected chi connectivity index (χ3v) is 3.00.